The molecule has 1 aliphatic heterocycles. The van der Waals surface area contributed by atoms with Gasteiger partial charge in [0.25, 0.3) is 0 Å². The molecular weight excluding hydrogens is 488 g/mol. The van der Waals surface area contributed by atoms with Gasteiger partial charge in [-0.25, -0.2) is 0 Å². The molecule has 1 aromatic rings. The van der Waals surface area contributed by atoms with E-state index in [0.29, 0.717) is 43.9 Å². The van der Waals surface area contributed by atoms with Crippen LogP contribution in [-0.2, 0) is 10.2 Å². The Balaban J connectivity index is 1.36. The van der Waals surface area contributed by atoms with Gasteiger partial charge in [0.15, 0.2) is 0 Å². The molecule has 2 aliphatic carbocycles. The number of hydrogen-bond donors (Lipinski definition) is 1. The molecule has 1 heterocycles. The number of rotatable bonds is 8. The highest BCUT2D eigenvalue weighted by atomic mass is 19.4. The molecule has 1 N–H and O–H groups in total. The summed E-state index contributed by atoms with van der Waals surface area (Å²) in [4.78, 5) is 2.10. The largest absolute Gasteiger partial charge is 0.573 e. The Morgan fingerprint density at radius 1 is 1.03 bits per heavy atom. The van der Waals surface area contributed by atoms with Gasteiger partial charge in [0.05, 0.1) is 18.5 Å². The van der Waals surface area contributed by atoms with Gasteiger partial charge < -0.3 is 19.5 Å². The van der Waals surface area contributed by atoms with Gasteiger partial charge in [0.1, 0.15) is 5.75 Å². The summed E-state index contributed by atoms with van der Waals surface area (Å²) in [7, 11) is 0. The summed E-state index contributed by atoms with van der Waals surface area (Å²) in [6.45, 7) is 2.09. The number of ether oxygens (including phenoxy) is 2. The molecular formula is C26H31F6NO3. The van der Waals surface area contributed by atoms with E-state index >= 15 is 0 Å². The number of nitrogens with zero attached hydrogens (tertiary/aromatic N) is 1. The third kappa shape index (κ3) is 6.37. The second kappa shape index (κ2) is 10.7. The molecule has 1 unspecified atom stereocenters. The van der Waals surface area contributed by atoms with Gasteiger partial charge in [-0.1, -0.05) is 30.7 Å². The second-order valence-corrected chi connectivity index (χ2v) is 9.97. The van der Waals surface area contributed by atoms with Crippen molar-refractivity contribution in [1.29, 1.82) is 0 Å². The molecule has 0 bridgehead atoms. The predicted molar refractivity (Wildman–Crippen MR) is 121 cm³/mol. The number of para-hydroxylation sites is 1. The van der Waals surface area contributed by atoms with Crippen LogP contribution in [0, 0.1) is 5.92 Å². The Morgan fingerprint density at radius 3 is 2.39 bits per heavy atom. The van der Waals surface area contributed by atoms with E-state index in [1.807, 2.05) is 0 Å². The Kier molecular flexibility index (Phi) is 7.95. The molecule has 1 saturated heterocycles. The van der Waals surface area contributed by atoms with Crippen LogP contribution in [0.4, 0.5) is 26.3 Å². The first kappa shape index (κ1) is 26.9. The SMILES string of the molecule is O[C@H](CN1CCCC(COC2=CC=C(C(F)(F)F)CC2)C1)C1(c2ccccc2OC(F)(F)F)CCC1. The number of hydrogen-bond acceptors (Lipinski definition) is 4. The Morgan fingerprint density at radius 2 is 1.78 bits per heavy atom. The van der Waals surface area contributed by atoms with Gasteiger partial charge in [-0.15, -0.1) is 13.2 Å². The van der Waals surface area contributed by atoms with Crippen LogP contribution in [0.15, 0.2) is 47.7 Å². The van der Waals surface area contributed by atoms with E-state index in [9.17, 15) is 31.4 Å². The average Bonchev–Trinajstić information content (AvgIpc) is 2.77. The lowest BCUT2D eigenvalue weighted by Gasteiger charge is -2.48. The van der Waals surface area contributed by atoms with E-state index in [2.05, 4.69) is 9.64 Å². The van der Waals surface area contributed by atoms with Crippen LogP contribution in [-0.4, -0.2) is 54.9 Å². The fourth-order valence-corrected chi connectivity index (χ4v) is 5.50. The quantitative estimate of drug-likeness (QED) is 0.412. The van der Waals surface area contributed by atoms with Gasteiger partial charge in [-0.2, -0.15) is 13.2 Å². The molecule has 1 saturated carbocycles. The molecule has 2 fully saturated rings. The molecule has 2 atom stereocenters. The number of alkyl halides is 6. The van der Waals surface area contributed by atoms with E-state index in [0.717, 1.165) is 31.9 Å². The standard InChI is InChI=1S/C26H31F6NO3/c27-25(28,29)19-8-10-20(11-9-19)35-17-18-5-3-14-33(15-18)16-23(34)24(12-4-13-24)21-6-1-2-7-22(21)36-26(30,31)32/h1-2,6-8,10,18,23,34H,3-5,9,11-17H2/t18?,23-/m1/s1. The van der Waals surface area contributed by atoms with Crippen molar-refractivity contribution in [2.45, 2.75) is 69.0 Å². The third-order valence-corrected chi connectivity index (χ3v) is 7.55. The first-order valence-electron chi connectivity index (χ1n) is 12.3. The zero-order valence-electron chi connectivity index (χ0n) is 19.9. The van der Waals surface area contributed by atoms with Gasteiger partial charge in [0.2, 0.25) is 0 Å². The number of allylic oxidation sites excluding steroid dienone is 4. The van der Waals surface area contributed by atoms with Crippen LogP contribution < -0.4 is 4.74 Å². The molecule has 3 aliphatic rings. The minimum atomic E-state index is -4.82. The van der Waals surface area contributed by atoms with Crippen molar-refractivity contribution < 1.29 is 40.9 Å². The summed E-state index contributed by atoms with van der Waals surface area (Å²) in [5, 5.41) is 11.2. The Hall–Kier alpha value is -2.20. The number of aliphatic hydroxyl groups is 1. The number of likely N-dealkylation sites (tertiary alicyclic amines) is 1. The van der Waals surface area contributed by atoms with Crippen molar-refractivity contribution in [3.63, 3.8) is 0 Å². The summed E-state index contributed by atoms with van der Waals surface area (Å²) in [6, 6.07) is 6.04. The van der Waals surface area contributed by atoms with Crippen molar-refractivity contribution in [3.05, 3.63) is 53.3 Å². The Labute approximate surface area is 206 Å². The van der Waals surface area contributed by atoms with Crippen LogP contribution >= 0.6 is 0 Å². The molecule has 0 radical (unpaired) electrons. The topological polar surface area (TPSA) is 41.9 Å². The highest BCUT2D eigenvalue weighted by Gasteiger charge is 2.48. The fraction of sp³-hybridized carbons (Fsp3) is 0.615. The molecule has 0 spiro atoms. The molecule has 36 heavy (non-hydrogen) atoms. The Bertz CT molecular complexity index is 967. The summed E-state index contributed by atoms with van der Waals surface area (Å²) < 4.78 is 87.3. The number of piperidine rings is 1. The minimum absolute atomic E-state index is 0.0973. The zero-order valence-corrected chi connectivity index (χ0v) is 19.9. The lowest BCUT2D eigenvalue weighted by molar-refractivity contribution is -0.275. The predicted octanol–water partition coefficient (Wildman–Crippen LogP) is 6.26. The molecule has 0 aromatic heterocycles. The first-order valence-corrected chi connectivity index (χ1v) is 12.3. The van der Waals surface area contributed by atoms with Crippen LogP contribution in [0.25, 0.3) is 0 Å². The monoisotopic (exact) mass is 519 g/mol. The zero-order chi connectivity index (χ0) is 26.0. The molecule has 200 valence electrons. The van der Waals surface area contributed by atoms with Gasteiger partial charge in [0, 0.05) is 42.0 Å². The first-order chi connectivity index (χ1) is 17.0. The smallest absolute Gasteiger partial charge is 0.498 e. The normalized spacial score (nSPS) is 23.8. The summed E-state index contributed by atoms with van der Waals surface area (Å²) >= 11 is 0. The number of halogens is 6. The molecule has 1 aromatic carbocycles. The van der Waals surface area contributed by atoms with Crippen LogP contribution in [0.3, 0.4) is 0 Å². The molecule has 0 amide bonds. The van der Waals surface area contributed by atoms with Crippen LogP contribution in [0.1, 0.15) is 50.5 Å². The lowest BCUT2D eigenvalue weighted by Crippen LogP contribution is -2.52. The fourth-order valence-electron chi connectivity index (χ4n) is 5.50. The summed E-state index contributed by atoms with van der Waals surface area (Å²) in [6.07, 6.45) is -3.68. The average molecular weight is 520 g/mol. The lowest BCUT2D eigenvalue weighted by atomic mass is 9.60. The van der Waals surface area contributed by atoms with Gasteiger partial charge in [-0.3, -0.25) is 0 Å². The van der Waals surface area contributed by atoms with Crippen LogP contribution in [0.5, 0.6) is 5.75 Å². The second-order valence-electron chi connectivity index (χ2n) is 9.97. The number of benzene rings is 1. The van der Waals surface area contributed by atoms with Crippen molar-refractivity contribution in [3.8, 4) is 5.75 Å². The van der Waals surface area contributed by atoms with Crippen molar-refractivity contribution >= 4 is 0 Å². The number of β-amino-alcohol motifs (C(OH)–C–C–N with tert-alkyl or cyclic N) is 1. The van der Waals surface area contributed by atoms with Crippen molar-refractivity contribution in [2.75, 3.05) is 26.2 Å². The highest BCUT2D eigenvalue weighted by molar-refractivity contribution is 5.42. The maximum Gasteiger partial charge on any atom is 0.573 e. The molecule has 10 heteroatoms. The van der Waals surface area contributed by atoms with Gasteiger partial charge in [-0.05, 0) is 50.8 Å². The van der Waals surface area contributed by atoms with Crippen molar-refractivity contribution in [2.24, 2.45) is 5.92 Å². The van der Waals surface area contributed by atoms with E-state index in [1.54, 1.807) is 12.1 Å². The maximum atomic E-state index is 13.0. The maximum absolute atomic E-state index is 13.0. The summed E-state index contributed by atoms with van der Waals surface area (Å²) in [5.74, 6) is 0.421. The van der Waals surface area contributed by atoms with E-state index < -0.39 is 29.6 Å². The number of aliphatic hydroxyl groups excluding tert-OH is 1. The van der Waals surface area contributed by atoms with E-state index in [1.165, 1.54) is 18.2 Å². The molecule has 4 rings (SSSR count). The minimum Gasteiger partial charge on any atom is -0.498 e. The third-order valence-electron chi connectivity index (χ3n) is 7.55. The molecule has 4 nitrogen and oxygen atoms in total. The van der Waals surface area contributed by atoms with E-state index in [-0.39, 0.29) is 24.5 Å². The van der Waals surface area contributed by atoms with E-state index in [4.69, 9.17) is 4.74 Å². The van der Waals surface area contributed by atoms with Crippen molar-refractivity contribution in [1.82, 2.24) is 4.90 Å². The van der Waals surface area contributed by atoms with Gasteiger partial charge >= 0.3 is 12.5 Å². The summed E-state index contributed by atoms with van der Waals surface area (Å²) in [5.41, 5.74) is -0.964. The highest BCUT2D eigenvalue weighted by Crippen LogP contribution is 2.50. The van der Waals surface area contributed by atoms with Crippen LogP contribution in [0.2, 0.25) is 0 Å².